The molecule has 3 aromatic rings. The summed E-state index contributed by atoms with van der Waals surface area (Å²) in [6.45, 7) is 2.89. The van der Waals surface area contributed by atoms with Crippen molar-refractivity contribution in [3.05, 3.63) is 52.5 Å². The molecular weight excluding hydrogens is 306 g/mol. The first-order valence-corrected chi connectivity index (χ1v) is 9.05. The van der Waals surface area contributed by atoms with Crippen LogP contribution in [0.25, 0.3) is 11.0 Å². The number of fused-ring (bicyclic) bond motifs is 1. The molecule has 1 aromatic carbocycles. The fourth-order valence-corrected chi connectivity index (χ4v) is 4.21. The smallest absolute Gasteiger partial charge is 0.121 e. The zero-order valence-corrected chi connectivity index (χ0v) is 13.8. The summed E-state index contributed by atoms with van der Waals surface area (Å²) < 4.78 is 0. The molecule has 0 saturated carbocycles. The molecule has 5 heteroatoms. The van der Waals surface area contributed by atoms with Crippen molar-refractivity contribution in [3.8, 4) is 0 Å². The summed E-state index contributed by atoms with van der Waals surface area (Å²) in [5.41, 5.74) is 2.14. The monoisotopic (exact) mass is 327 g/mol. The van der Waals surface area contributed by atoms with Gasteiger partial charge in [-0.3, -0.25) is 4.90 Å². The Kier molecular flexibility index (Phi) is 4.16. The second-order valence-electron chi connectivity index (χ2n) is 6.27. The Labute approximate surface area is 139 Å². The normalized spacial score (nSPS) is 18.5. The van der Waals surface area contributed by atoms with E-state index in [-0.39, 0.29) is 6.10 Å². The lowest BCUT2D eigenvalue weighted by Crippen LogP contribution is -2.35. The minimum Gasteiger partial charge on any atom is -0.387 e. The van der Waals surface area contributed by atoms with Gasteiger partial charge in [0.15, 0.2) is 0 Å². The van der Waals surface area contributed by atoms with Gasteiger partial charge in [-0.15, -0.1) is 11.3 Å². The molecule has 1 unspecified atom stereocenters. The van der Waals surface area contributed by atoms with Crippen LogP contribution in [0.2, 0.25) is 0 Å². The molecule has 1 saturated heterocycles. The lowest BCUT2D eigenvalue weighted by atomic mass is 9.90. The Morgan fingerprint density at radius 3 is 2.78 bits per heavy atom. The van der Waals surface area contributed by atoms with Crippen LogP contribution in [0.3, 0.4) is 0 Å². The number of thiophene rings is 1. The second kappa shape index (κ2) is 6.43. The fraction of sp³-hybridized carbons (Fsp3) is 0.389. The number of aromatic nitrogens is 2. The highest BCUT2D eigenvalue weighted by Gasteiger charge is 2.27. The molecule has 0 aliphatic carbocycles. The van der Waals surface area contributed by atoms with Gasteiger partial charge in [0.25, 0.3) is 0 Å². The van der Waals surface area contributed by atoms with Gasteiger partial charge in [0.05, 0.1) is 23.7 Å². The van der Waals surface area contributed by atoms with E-state index in [0.29, 0.717) is 5.92 Å². The molecule has 1 aliphatic rings. The number of imidazole rings is 1. The van der Waals surface area contributed by atoms with E-state index in [1.54, 1.807) is 11.3 Å². The van der Waals surface area contributed by atoms with Crippen molar-refractivity contribution in [1.29, 1.82) is 0 Å². The standard InChI is InChI=1S/C18H21N3OS/c22-18(16-6-3-11-23-16)13-7-9-21(10-8-13)12-17-19-14-4-1-2-5-15(14)20-17/h1-6,11,13,18,22H,7-10,12H2,(H,19,20). The third-order valence-corrected chi connectivity index (χ3v) is 5.67. The Bertz CT molecular complexity index is 727. The Hall–Kier alpha value is -1.69. The van der Waals surface area contributed by atoms with Gasteiger partial charge in [0, 0.05) is 4.88 Å². The number of likely N-dealkylation sites (tertiary alicyclic amines) is 1. The molecule has 1 atom stereocenters. The van der Waals surface area contributed by atoms with Crippen LogP contribution in [0.15, 0.2) is 41.8 Å². The molecule has 2 N–H and O–H groups in total. The molecule has 1 aliphatic heterocycles. The topological polar surface area (TPSA) is 52.1 Å². The van der Waals surface area contributed by atoms with Gasteiger partial charge in [0.2, 0.25) is 0 Å². The molecule has 23 heavy (non-hydrogen) atoms. The molecule has 3 heterocycles. The summed E-state index contributed by atoms with van der Waals surface area (Å²) in [4.78, 5) is 11.6. The number of aliphatic hydroxyl groups excluding tert-OH is 1. The van der Waals surface area contributed by atoms with E-state index in [1.165, 1.54) is 0 Å². The van der Waals surface area contributed by atoms with Gasteiger partial charge in [-0.25, -0.2) is 4.98 Å². The number of nitrogens with one attached hydrogen (secondary N) is 1. The average Bonchev–Trinajstić information content (AvgIpc) is 3.24. The Balaban J connectivity index is 1.36. The van der Waals surface area contributed by atoms with Crippen LogP contribution < -0.4 is 0 Å². The highest BCUT2D eigenvalue weighted by atomic mass is 32.1. The second-order valence-corrected chi connectivity index (χ2v) is 7.25. The van der Waals surface area contributed by atoms with Crippen LogP contribution in [0, 0.1) is 5.92 Å². The molecule has 1 fully saturated rings. The van der Waals surface area contributed by atoms with Crippen molar-refractivity contribution in [1.82, 2.24) is 14.9 Å². The van der Waals surface area contributed by atoms with Crippen LogP contribution >= 0.6 is 11.3 Å². The van der Waals surface area contributed by atoms with Crippen LogP contribution in [-0.4, -0.2) is 33.1 Å². The van der Waals surface area contributed by atoms with E-state index < -0.39 is 0 Å². The summed E-state index contributed by atoms with van der Waals surface area (Å²) in [6, 6.07) is 12.2. The Morgan fingerprint density at radius 1 is 1.22 bits per heavy atom. The van der Waals surface area contributed by atoms with Gasteiger partial charge < -0.3 is 10.1 Å². The van der Waals surface area contributed by atoms with Gasteiger partial charge >= 0.3 is 0 Å². The predicted molar refractivity (Wildman–Crippen MR) is 93.4 cm³/mol. The van der Waals surface area contributed by atoms with Crippen molar-refractivity contribution in [2.75, 3.05) is 13.1 Å². The number of para-hydroxylation sites is 2. The maximum absolute atomic E-state index is 10.5. The SMILES string of the molecule is OC(c1cccs1)C1CCN(Cc2nc3ccccc3[nH]2)CC1. The van der Waals surface area contributed by atoms with Gasteiger partial charge in [-0.2, -0.15) is 0 Å². The number of aliphatic hydroxyl groups is 1. The molecule has 0 radical (unpaired) electrons. The van der Waals surface area contributed by atoms with E-state index >= 15 is 0 Å². The first-order chi connectivity index (χ1) is 11.3. The third-order valence-electron chi connectivity index (χ3n) is 4.73. The van der Waals surface area contributed by atoms with Gasteiger partial charge in [0.1, 0.15) is 5.82 Å². The lowest BCUT2D eigenvalue weighted by molar-refractivity contribution is 0.0584. The average molecular weight is 327 g/mol. The van der Waals surface area contributed by atoms with Crippen LogP contribution in [0.5, 0.6) is 0 Å². The first-order valence-electron chi connectivity index (χ1n) is 8.17. The first kappa shape index (κ1) is 14.9. The number of aromatic amines is 1. The molecule has 0 amide bonds. The molecule has 4 nitrogen and oxygen atoms in total. The minimum absolute atomic E-state index is 0.302. The number of benzene rings is 1. The highest BCUT2D eigenvalue weighted by molar-refractivity contribution is 7.10. The summed E-state index contributed by atoms with van der Waals surface area (Å²) >= 11 is 1.65. The predicted octanol–water partition coefficient (Wildman–Crippen LogP) is 3.57. The summed E-state index contributed by atoms with van der Waals surface area (Å²) in [5.74, 6) is 1.41. The zero-order valence-electron chi connectivity index (χ0n) is 13.0. The van der Waals surface area contributed by atoms with E-state index in [4.69, 9.17) is 0 Å². The van der Waals surface area contributed by atoms with Crippen molar-refractivity contribution in [2.24, 2.45) is 5.92 Å². The number of piperidine rings is 1. The number of nitrogens with zero attached hydrogens (tertiary/aromatic N) is 2. The summed E-state index contributed by atoms with van der Waals surface area (Å²) in [6.07, 6.45) is 1.78. The lowest BCUT2D eigenvalue weighted by Gasteiger charge is -2.33. The van der Waals surface area contributed by atoms with Crippen molar-refractivity contribution in [3.63, 3.8) is 0 Å². The maximum atomic E-state index is 10.5. The third kappa shape index (κ3) is 3.17. The van der Waals surface area contributed by atoms with E-state index in [1.807, 2.05) is 35.7 Å². The largest absolute Gasteiger partial charge is 0.387 e. The van der Waals surface area contributed by atoms with Gasteiger partial charge in [-0.1, -0.05) is 18.2 Å². The number of hydrogen-bond donors (Lipinski definition) is 2. The van der Waals surface area contributed by atoms with E-state index in [2.05, 4.69) is 20.9 Å². The quantitative estimate of drug-likeness (QED) is 0.770. The molecule has 0 spiro atoms. The molecule has 120 valence electrons. The zero-order chi connectivity index (χ0) is 15.6. The van der Waals surface area contributed by atoms with Crippen molar-refractivity contribution >= 4 is 22.4 Å². The highest BCUT2D eigenvalue weighted by Crippen LogP contribution is 2.33. The summed E-state index contributed by atoms with van der Waals surface area (Å²) in [5, 5.41) is 12.5. The fourth-order valence-electron chi connectivity index (χ4n) is 3.41. The number of hydrogen-bond acceptors (Lipinski definition) is 4. The molecule has 2 aromatic heterocycles. The molecule has 0 bridgehead atoms. The Morgan fingerprint density at radius 2 is 2.04 bits per heavy atom. The van der Waals surface area contributed by atoms with Crippen LogP contribution in [0.1, 0.15) is 29.6 Å². The van der Waals surface area contributed by atoms with E-state index in [0.717, 1.165) is 54.2 Å². The number of H-pyrrole nitrogens is 1. The minimum atomic E-state index is -0.302. The van der Waals surface area contributed by atoms with Gasteiger partial charge in [-0.05, 0) is 55.4 Å². The maximum Gasteiger partial charge on any atom is 0.121 e. The van der Waals surface area contributed by atoms with Crippen LogP contribution in [0.4, 0.5) is 0 Å². The molecular formula is C18H21N3OS. The summed E-state index contributed by atoms with van der Waals surface area (Å²) in [7, 11) is 0. The molecule has 4 rings (SSSR count). The van der Waals surface area contributed by atoms with Crippen molar-refractivity contribution < 1.29 is 5.11 Å². The van der Waals surface area contributed by atoms with E-state index in [9.17, 15) is 5.11 Å². The number of rotatable bonds is 4. The van der Waals surface area contributed by atoms with Crippen LogP contribution in [-0.2, 0) is 6.54 Å². The van der Waals surface area contributed by atoms with Crippen molar-refractivity contribution in [2.45, 2.75) is 25.5 Å².